The Morgan fingerprint density at radius 1 is 1.15 bits per heavy atom. The van der Waals surface area contributed by atoms with Crippen LogP contribution in [0.5, 0.6) is 5.75 Å². The van der Waals surface area contributed by atoms with E-state index in [1.165, 1.54) is 28.0 Å². The van der Waals surface area contributed by atoms with Gasteiger partial charge in [-0.2, -0.15) is 9.50 Å². The van der Waals surface area contributed by atoms with Gasteiger partial charge in [-0.05, 0) is 42.8 Å². The SMILES string of the molecule is CCCOc1ccc(-c2nc3sc(=Cc4ccc(-c5cccc([N+](=O)[O-])c5)o4)c(=O)n3n2)cc1. The number of benzene rings is 2. The van der Waals surface area contributed by atoms with E-state index in [2.05, 4.69) is 10.1 Å². The zero-order valence-corrected chi connectivity index (χ0v) is 18.8. The maximum Gasteiger partial charge on any atom is 0.291 e. The van der Waals surface area contributed by atoms with Crippen LogP contribution < -0.4 is 14.8 Å². The molecular formula is C24H18N4O5S. The van der Waals surface area contributed by atoms with E-state index in [-0.39, 0.29) is 11.2 Å². The fraction of sp³-hybridized carbons (Fsp3) is 0.125. The van der Waals surface area contributed by atoms with Crippen molar-refractivity contribution in [3.63, 3.8) is 0 Å². The third-order valence-corrected chi connectivity index (χ3v) is 5.97. The van der Waals surface area contributed by atoms with Gasteiger partial charge in [0.2, 0.25) is 4.96 Å². The smallest absolute Gasteiger partial charge is 0.291 e. The molecule has 0 spiro atoms. The predicted octanol–water partition coefficient (Wildman–Crippen LogP) is 4.32. The molecule has 5 rings (SSSR count). The second kappa shape index (κ2) is 8.91. The quantitative estimate of drug-likeness (QED) is 0.255. The second-order valence-electron chi connectivity index (χ2n) is 7.43. The number of fused-ring (bicyclic) bond motifs is 1. The summed E-state index contributed by atoms with van der Waals surface area (Å²) in [5.41, 5.74) is 1.05. The van der Waals surface area contributed by atoms with Crippen molar-refractivity contribution in [1.82, 2.24) is 14.6 Å². The number of nitrogens with zero attached hydrogens (tertiary/aromatic N) is 4. The van der Waals surface area contributed by atoms with E-state index in [1.54, 1.807) is 30.3 Å². The van der Waals surface area contributed by atoms with Crippen molar-refractivity contribution >= 4 is 28.1 Å². The predicted molar refractivity (Wildman–Crippen MR) is 128 cm³/mol. The topological polar surface area (TPSA) is 113 Å². The summed E-state index contributed by atoms with van der Waals surface area (Å²) in [5.74, 6) is 2.15. The van der Waals surface area contributed by atoms with E-state index in [9.17, 15) is 14.9 Å². The Morgan fingerprint density at radius 2 is 1.97 bits per heavy atom. The number of thiazole rings is 1. The average molecular weight is 474 g/mol. The van der Waals surface area contributed by atoms with Gasteiger partial charge in [-0.3, -0.25) is 14.9 Å². The third-order valence-electron chi connectivity index (χ3n) is 5.01. The van der Waals surface area contributed by atoms with Gasteiger partial charge < -0.3 is 9.15 Å². The largest absolute Gasteiger partial charge is 0.494 e. The first-order chi connectivity index (χ1) is 16.5. The summed E-state index contributed by atoms with van der Waals surface area (Å²) in [6.07, 6.45) is 2.55. The van der Waals surface area contributed by atoms with Crippen molar-refractivity contribution in [1.29, 1.82) is 0 Å². The maximum absolute atomic E-state index is 12.8. The van der Waals surface area contributed by atoms with E-state index in [1.807, 2.05) is 31.2 Å². The zero-order chi connectivity index (χ0) is 23.7. The normalized spacial score (nSPS) is 11.9. The molecule has 2 aromatic carbocycles. The molecule has 0 bridgehead atoms. The number of rotatable bonds is 7. The second-order valence-corrected chi connectivity index (χ2v) is 8.44. The number of hydrogen-bond donors (Lipinski definition) is 0. The molecule has 10 heteroatoms. The van der Waals surface area contributed by atoms with Gasteiger partial charge in [0, 0.05) is 29.3 Å². The Bertz CT molecular complexity index is 1600. The Kier molecular flexibility index (Phi) is 5.64. The van der Waals surface area contributed by atoms with Crippen LogP contribution in [0.1, 0.15) is 19.1 Å². The molecule has 5 aromatic rings. The minimum atomic E-state index is -0.458. The molecule has 9 nitrogen and oxygen atoms in total. The lowest BCUT2D eigenvalue weighted by molar-refractivity contribution is -0.384. The van der Waals surface area contributed by atoms with Crippen molar-refractivity contribution in [3.05, 3.63) is 91.4 Å². The van der Waals surface area contributed by atoms with Crippen LogP contribution >= 0.6 is 11.3 Å². The summed E-state index contributed by atoms with van der Waals surface area (Å²) in [7, 11) is 0. The molecule has 3 heterocycles. The molecule has 0 radical (unpaired) electrons. The molecule has 0 aliphatic heterocycles. The number of aromatic nitrogens is 3. The summed E-state index contributed by atoms with van der Waals surface area (Å²) in [5, 5.41) is 15.4. The lowest BCUT2D eigenvalue weighted by Crippen LogP contribution is -2.23. The Balaban J connectivity index is 1.42. The van der Waals surface area contributed by atoms with Gasteiger partial charge in [-0.25, -0.2) is 0 Å². The molecule has 170 valence electrons. The summed E-state index contributed by atoms with van der Waals surface area (Å²) >= 11 is 1.21. The monoisotopic (exact) mass is 474 g/mol. The molecule has 0 aliphatic rings. The molecule has 0 unspecified atom stereocenters. The molecule has 3 aromatic heterocycles. The van der Waals surface area contributed by atoms with Crippen molar-refractivity contribution in [2.75, 3.05) is 6.61 Å². The van der Waals surface area contributed by atoms with E-state index in [0.29, 0.717) is 39.0 Å². The summed E-state index contributed by atoms with van der Waals surface area (Å²) in [4.78, 5) is 28.4. The number of nitro benzene ring substituents is 1. The molecule has 0 aliphatic carbocycles. The van der Waals surface area contributed by atoms with Crippen molar-refractivity contribution in [3.8, 4) is 28.5 Å². The standard InChI is InChI=1S/C24H18N4O5S/c1-2-12-32-18-8-6-15(7-9-18)22-25-24-27(26-22)23(29)21(34-24)14-19-10-11-20(33-19)16-4-3-5-17(13-16)28(30)31/h3-11,13-14H,2,12H2,1H3. The molecule has 0 amide bonds. The van der Waals surface area contributed by atoms with Crippen LogP contribution in [0.25, 0.3) is 33.7 Å². The van der Waals surface area contributed by atoms with E-state index < -0.39 is 4.92 Å². The number of nitro groups is 1. The highest BCUT2D eigenvalue weighted by Crippen LogP contribution is 2.26. The highest BCUT2D eigenvalue weighted by Gasteiger charge is 2.13. The number of non-ortho nitro benzene ring substituents is 1. The lowest BCUT2D eigenvalue weighted by Gasteiger charge is -2.04. The molecular weight excluding hydrogens is 456 g/mol. The van der Waals surface area contributed by atoms with Gasteiger partial charge in [0.05, 0.1) is 11.5 Å². The fourth-order valence-electron chi connectivity index (χ4n) is 3.36. The molecule has 34 heavy (non-hydrogen) atoms. The number of ether oxygens (including phenoxy) is 1. The lowest BCUT2D eigenvalue weighted by atomic mass is 10.1. The van der Waals surface area contributed by atoms with Gasteiger partial charge >= 0.3 is 0 Å². The van der Waals surface area contributed by atoms with E-state index in [0.717, 1.165) is 17.7 Å². The molecule has 0 N–H and O–H groups in total. The van der Waals surface area contributed by atoms with Crippen molar-refractivity contribution < 1.29 is 14.1 Å². The molecule has 0 saturated carbocycles. The first-order valence-electron chi connectivity index (χ1n) is 10.5. The zero-order valence-electron chi connectivity index (χ0n) is 18.0. The molecule has 0 fully saturated rings. The van der Waals surface area contributed by atoms with Crippen LogP contribution in [-0.4, -0.2) is 26.1 Å². The van der Waals surface area contributed by atoms with Crippen LogP contribution in [-0.2, 0) is 0 Å². The van der Waals surface area contributed by atoms with Crippen molar-refractivity contribution in [2.24, 2.45) is 0 Å². The van der Waals surface area contributed by atoms with Crippen LogP contribution in [0.2, 0.25) is 0 Å². The summed E-state index contributed by atoms with van der Waals surface area (Å²) < 4.78 is 13.1. The van der Waals surface area contributed by atoms with E-state index in [4.69, 9.17) is 9.15 Å². The van der Waals surface area contributed by atoms with Crippen LogP contribution in [0.4, 0.5) is 5.69 Å². The average Bonchev–Trinajstić information content (AvgIpc) is 3.56. The Morgan fingerprint density at radius 3 is 2.71 bits per heavy atom. The number of furan rings is 1. The first-order valence-corrected chi connectivity index (χ1v) is 11.3. The highest BCUT2D eigenvalue weighted by atomic mass is 32.1. The fourth-order valence-corrected chi connectivity index (χ4v) is 4.25. The van der Waals surface area contributed by atoms with Gasteiger partial charge in [0.25, 0.3) is 11.2 Å². The summed E-state index contributed by atoms with van der Waals surface area (Å²) in [6.45, 7) is 2.70. The molecule has 0 saturated heterocycles. The maximum atomic E-state index is 12.8. The van der Waals surface area contributed by atoms with Crippen molar-refractivity contribution in [2.45, 2.75) is 13.3 Å². The minimum absolute atomic E-state index is 0.0224. The molecule has 0 atom stereocenters. The van der Waals surface area contributed by atoms with Gasteiger partial charge in [-0.1, -0.05) is 30.4 Å². The highest BCUT2D eigenvalue weighted by molar-refractivity contribution is 7.15. The van der Waals surface area contributed by atoms with Crippen LogP contribution in [0.15, 0.2) is 69.9 Å². The van der Waals surface area contributed by atoms with Gasteiger partial charge in [0.1, 0.15) is 21.8 Å². The van der Waals surface area contributed by atoms with Gasteiger partial charge in [0.15, 0.2) is 5.82 Å². The third kappa shape index (κ3) is 4.18. The Labute approximate surface area is 196 Å². The van der Waals surface area contributed by atoms with Crippen LogP contribution in [0.3, 0.4) is 0 Å². The number of hydrogen-bond acceptors (Lipinski definition) is 8. The minimum Gasteiger partial charge on any atom is -0.494 e. The summed E-state index contributed by atoms with van der Waals surface area (Å²) in [6, 6.07) is 17.0. The van der Waals surface area contributed by atoms with E-state index >= 15 is 0 Å². The van der Waals surface area contributed by atoms with Gasteiger partial charge in [-0.15, -0.1) is 5.10 Å². The van der Waals surface area contributed by atoms with Crippen LogP contribution in [0, 0.1) is 10.1 Å². The first kappa shape index (κ1) is 21.5. The Hall–Kier alpha value is -4.31.